The lowest BCUT2D eigenvalue weighted by Gasteiger charge is -2.22. The molecule has 4 heteroatoms. The first kappa shape index (κ1) is 13.0. The minimum Gasteiger partial charge on any atom is -0.349 e. The molecule has 1 fully saturated rings. The van der Waals surface area contributed by atoms with Crippen LogP contribution < -0.4 is 5.32 Å². The zero-order valence-electron chi connectivity index (χ0n) is 9.19. The van der Waals surface area contributed by atoms with E-state index in [0.29, 0.717) is 11.6 Å². The van der Waals surface area contributed by atoms with Crippen LogP contribution in [0.4, 0.5) is 0 Å². The summed E-state index contributed by atoms with van der Waals surface area (Å²) in [7, 11) is 0. The molecule has 1 saturated carbocycles. The molecule has 0 unspecified atom stereocenters. The second kappa shape index (κ2) is 6.48. The van der Waals surface area contributed by atoms with E-state index >= 15 is 0 Å². The molecule has 1 amide bonds. The summed E-state index contributed by atoms with van der Waals surface area (Å²) in [4.78, 5) is 15.7. The predicted molar refractivity (Wildman–Crippen MR) is 65.8 cm³/mol. The fourth-order valence-corrected chi connectivity index (χ4v) is 2.02. The van der Waals surface area contributed by atoms with E-state index in [9.17, 15) is 4.79 Å². The van der Waals surface area contributed by atoms with Crippen molar-refractivity contribution >= 4 is 18.3 Å². The molecule has 1 aromatic rings. The predicted octanol–water partition coefficient (Wildman–Crippen LogP) is 2.57. The largest absolute Gasteiger partial charge is 0.349 e. The molecule has 3 nitrogen and oxygen atoms in total. The van der Waals surface area contributed by atoms with Gasteiger partial charge in [0.2, 0.25) is 0 Å². The Labute approximate surface area is 102 Å². The molecule has 0 saturated heterocycles. The third-order valence-electron chi connectivity index (χ3n) is 2.88. The summed E-state index contributed by atoms with van der Waals surface area (Å²) in [5, 5.41) is 3.07. The van der Waals surface area contributed by atoms with Gasteiger partial charge in [0.05, 0.1) is 0 Å². The molecule has 88 valence electrons. The van der Waals surface area contributed by atoms with Crippen LogP contribution in [-0.4, -0.2) is 16.9 Å². The van der Waals surface area contributed by atoms with Gasteiger partial charge in [-0.1, -0.05) is 19.3 Å². The van der Waals surface area contributed by atoms with Gasteiger partial charge in [-0.3, -0.25) is 9.78 Å². The average molecular weight is 241 g/mol. The molecule has 0 radical (unpaired) electrons. The van der Waals surface area contributed by atoms with Crippen molar-refractivity contribution in [1.29, 1.82) is 0 Å². The van der Waals surface area contributed by atoms with Crippen LogP contribution in [0.5, 0.6) is 0 Å². The molecule has 16 heavy (non-hydrogen) atoms. The number of hydrogen-bond donors (Lipinski definition) is 1. The minimum atomic E-state index is 0. The van der Waals surface area contributed by atoms with Gasteiger partial charge in [-0.2, -0.15) is 0 Å². The summed E-state index contributed by atoms with van der Waals surface area (Å²) >= 11 is 0. The third-order valence-corrected chi connectivity index (χ3v) is 2.88. The van der Waals surface area contributed by atoms with Crippen LogP contribution in [0, 0.1) is 0 Å². The number of nitrogens with zero attached hydrogens (tertiary/aromatic N) is 1. The molecule has 0 spiro atoms. The molecule has 1 heterocycles. The number of pyridine rings is 1. The maximum Gasteiger partial charge on any atom is 0.251 e. The van der Waals surface area contributed by atoms with Crippen molar-refractivity contribution in [3.63, 3.8) is 0 Å². The zero-order valence-corrected chi connectivity index (χ0v) is 10.0. The molecule has 0 bridgehead atoms. The van der Waals surface area contributed by atoms with Crippen LogP contribution in [-0.2, 0) is 0 Å². The average Bonchev–Trinajstić information content (AvgIpc) is 2.31. The van der Waals surface area contributed by atoms with E-state index < -0.39 is 0 Å². The van der Waals surface area contributed by atoms with Crippen molar-refractivity contribution in [3.8, 4) is 0 Å². The van der Waals surface area contributed by atoms with Crippen molar-refractivity contribution in [1.82, 2.24) is 10.3 Å². The molecule has 2 rings (SSSR count). The van der Waals surface area contributed by atoms with Crippen molar-refractivity contribution in [2.45, 2.75) is 38.1 Å². The highest BCUT2D eigenvalue weighted by Gasteiger charge is 2.16. The lowest BCUT2D eigenvalue weighted by atomic mass is 9.95. The lowest BCUT2D eigenvalue weighted by molar-refractivity contribution is 0.0927. The number of rotatable bonds is 2. The first-order valence-corrected chi connectivity index (χ1v) is 5.57. The van der Waals surface area contributed by atoms with Gasteiger partial charge in [0.1, 0.15) is 0 Å². The summed E-state index contributed by atoms with van der Waals surface area (Å²) < 4.78 is 0. The van der Waals surface area contributed by atoms with Gasteiger partial charge >= 0.3 is 0 Å². The SMILES string of the molecule is Cl.O=C(NC1CCCCC1)c1ccncc1. The Balaban J connectivity index is 0.00000128. The van der Waals surface area contributed by atoms with E-state index in [4.69, 9.17) is 0 Å². The first-order valence-electron chi connectivity index (χ1n) is 5.57. The van der Waals surface area contributed by atoms with E-state index in [0.717, 1.165) is 12.8 Å². The van der Waals surface area contributed by atoms with Gasteiger partial charge in [-0.05, 0) is 25.0 Å². The van der Waals surface area contributed by atoms with Gasteiger partial charge in [-0.25, -0.2) is 0 Å². The smallest absolute Gasteiger partial charge is 0.251 e. The Hall–Kier alpha value is -1.09. The number of carbonyl (C=O) groups excluding carboxylic acids is 1. The molecule has 1 aromatic heterocycles. The molecule has 1 N–H and O–H groups in total. The van der Waals surface area contributed by atoms with E-state index in [1.807, 2.05) is 0 Å². The Bertz CT molecular complexity index is 323. The fourth-order valence-electron chi connectivity index (χ4n) is 2.02. The number of halogens is 1. The number of nitrogens with one attached hydrogen (secondary N) is 1. The van der Waals surface area contributed by atoms with Gasteiger partial charge in [0.25, 0.3) is 5.91 Å². The molecule has 0 aliphatic heterocycles. The lowest BCUT2D eigenvalue weighted by Crippen LogP contribution is -2.36. The quantitative estimate of drug-likeness (QED) is 0.863. The number of carbonyl (C=O) groups is 1. The maximum atomic E-state index is 11.8. The van der Waals surface area contributed by atoms with Crippen LogP contribution >= 0.6 is 12.4 Å². The van der Waals surface area contributed by atoms with Gasteiger partial charge in [0, 0.05) is 24.0 Å². The highest BCUT2D eigenvalue weighted by atomic mass is 35.5. The Morgan fingerprint density at radius 3 is 2.44 bits per heavy atom. The standard InChI is InChI=1S/C12H16N2O.ClH/c15-12(10-6-8-13-9-7-10)14-11-4-2-1-3-5-11;/h6-9,11H,1-5H2,(H,14,15);1H. The summed E-state index contributed by atoms with van der Waals surface area (Å²) in [6.45, 7) is 0. The molecule has 1 aliphatic rings. The van der Waals surface area contributed by atoms with E-state index in [1.165, 1.54) is 19.3 Å². The summed E-state index contributed by atoms with van der Waals surface area (Å²) in [6, 6.07) is 3.87. The van der Waals surface area contributed by atoms with Crippen LogP contribution in [0.25, 0.3) is 0 Å². The van der Waals surface area contributed by atoms with Gasteiger partial charge in [0.15, 0.2) is 0 Å². The molecular formula is C12H17ClN2O. The Morgan fingerprint density at radius 1 is 1.19 bits per heavy atom. The number of hydrogen-bond acceptors (Lipinski definition) is 2. The monoisotopic (exact) mass is 240 g/mol. The number of aromatic nitrogens is 1. The van der Waals surface area contributed by atoms with Crippen molar-refractivity contribution in [2.24, 2.45) is 0 Å². The van der Waals surface area contributed by atoms with Crippen molar-refractivity contribution in [2.75, 3.05) is 0 Å². The normalized spacial score (nSPS) is 16.2. The van der Waals surface area contributed by atoms with E-state index in [2.05, 4.69) is 10.3 Å². The van der Waals surface area contributed by atoms with Gasteiger partial charge < -0.3 is 5.32 Å². The second-order valence-electron chi connectivity index (χ2n) is 4.04. The summed E-state index contributed by atoms with van der Waals surface area (Å²) in [5.74, 6) is 0.0318. The van der Waals surface area contributed by atoms with Gasteiger partial charge in [-0.15, -0.1) is 12.4 Å². The molecule has 1 aliphatic carbocycles. The first-order chi connectivity index (χ1) is 7.36. The second-order valence-corrected chi connectivity index (χ2v) is 4.04. The van der Waals surface area contributed by atoms with Crippen LogP contribution in [0.2, 0.25) is 0 Å². The Morgan fingerprint density at radius 2 is 1.81 bits per heavy atom. The fraction of sp³-hybridized carbons (Fsp3) is 0.500. The van der Waals surface area contributed by atoms with Crippen LogP contribution in [0.15, 0.2) is 24.5 Å². The molecular weight excluding hydrogens is 224 g/mol. The molecule has 0 aromatic carbocycles. The highest BCUT2D eigenvalue weighted by Crippen LogP contribution is 2.17. The summed E-state index contributed by atoms with van der Waals surface area (Å²) in [6.07, 6.45) is 9.32. The summed E-state index contributed by atoms with van der Waals surface area (Å²) in [5.41, 5.74) is 0.704. The van der Waals surface area contributed by atoms with E-state index in [1.54, 1.807) is 24.5 Å². The van der Waals surface area contributed by atoms with Crippen molar-refractivity contribution in [3.05, 3.63) is 30.1 Å². The van der Waals surface area contributed by atoms with E-state index in [-0.39, 0.29) is 18.3 Å². The molecule has 0 atom stereocenters. The Kier molecular flexibility index (Phi) is 5.26. The maximum absolute atomic E-state index is 11.8. The third kappa shape index (κ3) is 3.49. The topological polar surface area (TPSA) is 42.0 Å². The van der Waals surface area contributed by atoms with Crippen LogP contribution in [0.1, 0.15) is 42.5 Å². The minimum absolute atomic E-state index is 0. The highest BCUT2D eigenvalue weighted by molar-refractivity contribution is 5.94. The van der Waals surface area contributed by atoms with Crippen molar-refractivity contribution < 1.29 is 4.79 Å². The van der Waals surface area contributed by atoms with Crippen LogP contribution in [0.3, 0.4) is 0 Å². The zero-order chi connectivity index (χ0) is 10.5. The number of amides is 1.